The minimum Gasteiger partial charge on any atom is -0.493 e. The monoisotopic (exact) mass is 391 g/mol. The molecule has 0 unspecified atom stereocenters. The van der Waals surface area contributed by atoms with Crippen molar-refractivity contribution in [2.45, 2.75) is 12.8 Å². The van der Waals surface area contributed by atoms with Crippen molar-refractivity contribution in [2.75, 3.05) is 25.6 Å². The molecule has 0 bridgehead atoms. The SMILES string of the molecule is COc1ccc(NC(=O)CCCNC(=O)c2cccs2)cc1OCC(N)=O. The third kappa shape index (κ3) is 6.63. The summed E-state index contributed by atoms with van der Waals surface area (Å²) < 4.78 is 10.4. The average Bonchev–Trinajstić information content (AvgIpc) is 3.18. The van der Waals surface area contributed by atoms with E-state index in [1.807, 2.05) is 11.4 Å². The van der Waals surface area contributed by atoms with E-state index in [2.05, 4.69) is 10.6 Å². The van der Waals surface area contributed by atoms with Gasteiger partial charge in [0, 0.05) is 24.7 Å². The van der Waals surface area contributed by atoms with Crippen molar-refractivity contribution in [1.29, 1.82) is 0 Å². The van der Waals surface area contributed by atoms with Crippen molar-refractivity contribution >= 4 is 34.7 Å². The number of amides is 3. The van der Waals surface area contributed by atoms with Gasteiger partial charge >= 0.3 is 0 Å². The fraction of sp³-hybridized carbons (Fsp3) is 0.278. The van der Waals surface area contributed by atoms with Gasteiger partial charge in [0.2, 0.25) is 5.91 Å². The zero-order valence-corrected chi connectivity index (χ0v) is 15.6. The van der Waals surface area contributed by atoms with Gasteiger partial charge in [-0.3, -0.25) is 14.4 Å². The molecule has 1 aromatic heterocycles. The topological polar surface area (TPSA) is 120 Å². The van der Waals surface area contributed by atoms with Crippen LogP contribution in [-0.2, 0) is 9.59 Å². The van der Waals surface area contributed by atoms with Crippen LogP contribution < -0.4 is 25.8 Å². The predicted octanol–water partition coefficient (Wildman–Crippen LogP) is 1.77. The van der Waals surface area contributed by atoms with Gasteiger partial charge in [-0.15, -0.1) is 11.3 Å². The van der Waals surface area contributed by atoms with Crippen molar-refractivity contribution < 1.29 is 23.9 Å². The molecule has 0 spiro atoms. The number of carbonyl (C=O) groups is 3. The van der Waals surface area contributed by atoms with Crippen LogP contribution in [0.3, 0.4) is 0 Å². The van der Waals surface area contributed by atoms with Crippen molar-refractivity contribution in [3.05, 3.63) is 40.6 Å². The lowest BCUT2D eigenvalue weighted by molar-refractivity contribution is -0.120. The molecule has 0 saturated carbocycles. The average molecular weight is 391 g/mol. The number of nitrogens with one attached hydrogen (secondary N) is 2. The molecule has 0 atom stereocenters. The summed E-state index contributed by atoms with van der Waals surface area (Å²) in [4.78, 5) is 35.3. The summed E-state index contributed by atoms with van der Waals surface area (Å²) in [6, 6.07) is 8.38. The molecule has 2 rings (SSSR count). The Morgan fingerprint density at radius 2 is 2.00 bits per heavy atom. The van der Waals surface area contributed by atoms with Gasteiger partial charge in [-0.25, -0.2) is 0 Å². The molecule has 0 fully saturated rings. The zero-order chi connectivity index (χ0) is 19.6. The van der Waals surface area contributed by atoms with Crippen LogP contribution in [0.4, 0.5) is 5.69 Å². The summed E-state index contributed by atoms with van der Waals surface area (Å²) in [5.74, 6) is -0.234. The van der Waals surface area contributed by atoms with Crippen LogP contribution >= 0.6 is 11.3 Å². The Hall–Kier alpha value is -3.07. The molecule has 2 aromatic rings. The Kier molecular flexibility index (Phi) is 7.63. The standard InChI is InChI=1S/C18H21N3O5S/c1-25-13-7-6-12(10-14(13)26-11-16(19)22)21-17(23)5-2-8-20-18(24)15-4-3-9-27-15/h3-4,6-7,9-10H,2,5,8,11H2,1H3,(H2,19,22)(H,20,24)(H,21,23). The Morgan fingerprint density at radius 3 is 2.67 bits per heavy atom. The number of primary amides is 1. The summed E-state index contributed by atoms with van der Waals surface area (Å²) in [6.07, 6.45) is 0.748. The highest BCUT2D eigenvalue weighted by molar-refractivity contribution is 7.12. The van der Waals surface area contributed by atoms with Gasteiger partial charge in [0.1, 0.15) is 0 Å². The first kappa shape index (κ1) is 20.2. The number of rotatable bonds is 10. The molecule has 0 aliphatic carbocycles. The fourth-order valence-electron chi connectivity index (χ4n) is 2.19. The quantitative estimate of drug-likeness (QED) is 0.533. The minimum atomic E-state index is -0.615. The number of carbonyl (C=O) groups excluding carboxylic acids is 3. The lowest BCUT2D eigenvalue weighted by Gasteiger charge is -2.12. The van der Waals surface area contributed by atoms with E-state index in [1.54, 1.807) is 24.3 Å². The highest BCUT2D eigenvalue weighted by Crippen LogP contribution is 2.30. The number of hydrogen-bond acceptors (Lipinski definition) is 6. The number of ether oxygens (including phenoxy) is 2. The molecule has 9 heteroatoms. The molecular formula is C18H21N3O5S. The van der Waals surface area contributed by atoms with Gasteiger partial charge in [0.15, 0.2) is 18.1 Å². The van der Waals surface area contributed by atoms with Crippen LogP contribution in [0.2, 0.25) is 0 Å². The smallest absolute Gasteiger partial charge is 0.261 e. The van der Waals surface area contributed by atoms with Crippen LogP contribution in [0, 0.1) is 0 Å². The molecule has 1 heterocycles. The van der Waals surface area contributed by atoms with E-state index < -0.39 is 5.91 Å². The molecule has 0 aliphatic heterocycles. The van der Waals surface area contributed by atoms with E-state index >= 15 is 0 Å². The van der Waals surface area contributed by atoms with E-state index in [4.69, 9.17) is 15.2 Å². The molecule has 3 amide bonds. The molecule has 8 nitrogen and oxygen atoms in total. The van der Waals surface area contributed by atoms with E-state index in [-0.39, 0.29) is 24.8 Å². The second kappa shape index (κ2) is 10.2. The lowest BCUT2D eigenvalue weighted by atomic mass is 10.2. The highest BCUT2D eigenvalue weighted by atomic mass is 32.1. The van der Waals surface area contributed by atoms with Crippen molar-refractivity contribution in [1.82, 2.24) is 5.32 Å². The Morgan fingerprint density at radius 1 is 1.19 bits per heavy atom. The van der Waals surface area contributed by atoms with Gasteiger partial charge < -0.3 is 25.8 Å². The molecule has 4 N–H and O–H groups in total. The molecule has 0 radical (unpaired) electrons. The summed E-state index contributed by atoms with van der Waals surface area (Å²) in [5.41, 5.74) is 5.57. The van der Waals surface area contributed by atoms with E-state index in [1.165, 1.54) is 18.4 Å². The van der Waals surface area contributed by atoms with Crippen LogP contribution in [0.15, 0.2) is 35.7 Å². The second-order valence-electron chi connectivity index (χ2n) is 5.51. The number of hydrogen-bond donors (Lipinski definition) is 3. The van der Waals surface area contributed by atoms with E-state index in [9.17, 15) is 14.4 Å². The Bertz CT molecular complexity index is 792. The largest absolute Gasteiger partial charge is 0.493 e. The van der Waals surface area contributed by atoms with Crippen LogP contribution in [0.1, 0.15) is 22.5 Å². The summed E-state index contributed by atoms with van der Waals surface area (Å²) >= 11 is 1.36. The Labute approximate surface area is 160 Å². The zero-order valence-electron chi connectivity index (χ0n) is 14.8. The van der Waals surface area contributed by atoms with Crippen LogP contribution in [0.5, 0.6) is 11.5 Å². The van der Waals surface area contributed by atoms with Crippen LogP contribution in [-0.4, -0.2) is 38.0 Å². The Balaban J connectivity index is 1.79. The third-order valence-corrected chi connectivity index (χ3v) is 4.30. The molecule has 144 valence electrons. The van der Waals surface area contributed by atoms with Crippen molar-refractivity contribution in [3.8, 4) is 11.5 Å². The lowest BCUT2D eigenvalue weighted by Crippen LogP contribution is -2.24. The second-order valence-corrected chi connectivity index (χ2v) is 6.45. The molecular weight excluding hydrogens is 370 g/mol. The van der Waals surface area contributed by atoms with Gasteiger partial charge in [-0.05, 0) is 30.0 Å². The van der Waals surface area contributed by atoms with E-state index in [0.29, 0.717) is 35.0 Å². The predicted molar refractivity (Wildman–Crippen MR) is 102 cm³/mol. The maximum Gasteiger partial charge on any atom is 0.261 e. The van der Waals surface area contributed by atoms with Gasteiger partial charge in [-0.1, -0.05) is 6.07 Å². The summed E-state index contributed by atoms with van der Waals surface area (Å²) in [6.45, 7) is 0.109. The van der Waals surface area contributed by atoms with Crippen molar-refractivity contribution in [2.24, 2.45) is 5.73 Å². The summed E-state index contributed by atoms with van der Waals surface area (Å²) in [5, 5.41) is 7.33. The van der Waals surface area contributed by atoms with Gasteiger partial charge in [-0.2, -0.15) is 0 Å². The molecule has 27 heavy (non-hydrogen) atoms. The van der Waals surface area contributed by atoms with E-state index in [0.717, 1.165) is 0 Å². The van der Waals surface area contributed by atoms with Gasteiger partial charge in [0.05, 0.1) is 12.0 Å². The molecule has 1 aromatic carbocycles. The highest BCUT2D eigenvalue weighted by Gasteiger charge is 2.10. The minimum absolute atomic E-state index is 0.142. The maximum absolute atomic E-state index is 12.0. The molecule has 0 aliphatic rings. The number of anilines is 1. The summed E-state index contributed by atoms with van der Waals surface area (Å²) in [7, 11) is 1.47. The number of methoxy groups -OCH3 is 1. The van der Waals surface area contributed by atoms with Gasteiger partial charge in [0.25, 0.3) is 11.8 Å². The maximum atomic E-state index is 12.0. The first-order valence-corrected chi connectivity index (χ1v) is 9.08. The van der Waals surface area contributed by atoms with Crippen molar-refractivity contribution in [3.63, 3.8) is 0 Å². The number of nitrogens with two attached hydrogens (primary N) is 1. The molecule has 0 saturated heterocycles. The van der Waals surface area contributed by atoms with Crippen LogP contribution in [0.25, 0.3) is 0 Å². The first-order chi connectivity index (χ1) is 13.0. The normalized spacial score (nSPS) is 10.1. The first-order valence-electron chi connectivity index (χ1n) is 8.20. The third-order valence-electron chi connectivity index (χ3n) is 3.43. The fourth-order valence-corrected chi connectivity index (χ4v) is 2.83. The number of benzene rings is 1. The number of thiophene rings is 1.